The number of nitrogens with one attached hydrogen (secondary N) is 2. The minimum absolute atomic E-state index is 0.176. The Morgan fingerprint density at radius 3 is 2.52 bits per heavy atom. The number of hydrogen-bond acceptors (Lipinski definition) is 3. The number of fused-ring (bicyclic) bond motifs is 2. The number of carbonyl (C=O) groups is 1. The lowest BCUT2D eigenvalue weighted by Gasteiger charge is -2.13. The minimum atomic E-state index is -0.176. The quantitative estimate of drug-likeness (QED) is 0.590. The molecule has 0 aliphatic rings. The predicted octanol–water partition coefficient (Wildman–Crippen LogP) is 4.23. The van der Waals surface area contributed by atoms with E-state index in [0.29, 0.717) is 11.5 Å². The van der Waals surface area contributed by atoms with Gasteiger partial charge in [0.15, 0.2) is 0 Å². The lowest BCUT2D eigenvalue weighted by molar-refractivity contribution is 0.102. The molecule has 1 amide bonds. The maximum atomic E-state index is 13.0. The molecule has 2 N–H and O–H groups in total. The van der Waals surface area contributed by atoms with Crippen molar-refractivity contribution in [1.29, 1.82) is 0 Å². The number of para-hydroxylation sites is 3. The molecule has 4 aromatic rings. The van der Waals surface area contributed by atoms with Gasteiger partial charge >= 0.3 is 0 Å². The van der Waals surface area contributed by atoms with Gasteiger partial charge in [-0.3, -0.25) is 15.1 Å². The van der Waals surface area contributed by atoms with Crippen molar-refractivity contribution < 1.29 is 4.79 Å². The molecule has 0 saturated carbocycles. The number of aromatic amines is 1. The number of aryl methyl sites for hydroxylation is 1. The van der Waals surface area contributed by atoms with Crippen LogP contribution in [0.1, 0.15) is 28.5 Å². The summed E-state index contributed by atoms with van der Waals surface area (Å²) in [7, 11) is 0. The molecule has 0 radical (unpaired) electrons. The number of imidazole rings is 1. The molecular weight excluding hydrogens is 312 g/mol. The highest BCUT2D eigenvalue weighted by atomic mass is 16.1. The Hall–Kier alpha value is -3.21. The Bertz CT molecular complexity index is 1060. The number of carbonyl (C=O) groups excluding carboxylic acids is 1. The summed E-state index contributed by atoms with van der Waals surface area (Å²) in [5.41, 5.74) is 5.05. The summed E-state index contributed by atoms with van der Waals surface area (Å²) < 4.78 is 0. The van der Waals surface area contributed by atoms with Gasteiger partial charge in [0, 0.05) is 11.1 Å². The van der Waals surface area contributed by atoms with Crippen molar-refractivity contribution in [2.75, 3.05) is 5.32 Å². The van der Waals surface area contributed by atoms with Crippen molar-refractivity contribution in [2.45, 2.75) is 20.3 Å². The highest BCUT2D eigenvalue weighted by Gasteiger charge is 2.18. The summed E-state index contributed by atoms with van der Waals surface area (Å²) in [5, 5.41) is 3.75. The smallest absolute Gasteiger partial charge is 0.258 e. The van der Waals surface area contributed by atoms with E-state index in [2.05, 4.69) is 20.3 Å². The largest absolute Gasteiger partial charge is 0.324 e. The fraction of sp³-hybridized carbons (Fsp3) is 0.150. The third-order valence-corrected chi connectivity index (χ3v) is 4.42. The zero-order valence-electron chi connectivity index (χ0n) is 14.1. The van der Waals surface area contributed by atoms with Gasteiger partial charge in [-0.05, 0) is 37.1 Å². The topological polar surface area (TPSA) is 70.7 Å². The number of H-pyrrole nitrogens is 1. The Morgan fingerprint density at radius 1 is 1.04 bits per heavy atom. The fourth-order valence-electron chi connectivity index (χ4n) is 3.18. The molecule has 5 nitrogen and oxygen atoms in total. The Kier molecular flexibility index (Phi) is 3.69. The van der Waals surface area contributed by atoms with E-state index in [1.54, 1.807) is 0 Å². The Labute approximate surface area is 145 Å². The average molecular weight is 330 g/mol. The molecule has 0 bridgehead atoms. The molecule has 2 heterocycles. The lowest BCUT2D eigenvalue weighted by Crippen LogP contribution is -2.16. The highest BCUT2D eigenvalue weighted by Crippen LogP contribution is 2.24. The van der Waals surface area contributed by atoms with E-state index in [1.165, 1.54) is 0 Å². The average Bonchev–Trinajstić information content (AvgIpc) is 3.03. The maximum absolute atomic E-state index is 13.0. The van der Waals surface area contributed by atoms with Crippen molar-refractivity contribution in [1.82, 2.24) is 15.0 Å². The van der Waals surface area contributed by atoms with Crippen LogP contribution in [0.4, 0.5) is 5.95 Å². The van der Waals surface area contributed by atoms with Gasteiger partial charge in [0.05, 0.1) is 22.1 Å². The summed E-state index contributed by atoms with van der Waals surface area (Å²) in [6.07, 6.45) is 0.779. The molecule has 0 spiro atoms. The van der Waals surface area contributed by atoms with Gasteiger partial charge in [-0.2, -0.15) is 0 Å². The van der Waals surface area contributed by atoms with Crippen LogP contribution in [0.25, 0.3) is 21.9 Å². The predicted molar refractivity (Wildman–Crippen MR) is 99.9 cm³/mol. The fourth-order valence-corrected chi connectivity index (χ4v) is 3.18. The molecule has 0 atom stereocenters. The minimum Gasteiger partial charge on any atom is -0.324 e. The first-order chi connectivity index (χ1) is 12.2. The Balaban J connectivity index is 1.80. The molecule has 0 aliphatic heterocycles. The van der Waals surface area contributed by atoms with E-state index in [9.17, 15) is 4.79 Å². The van der Waals surface area contributed by atoms with Gasteiger partial charge in [-0.15, -0.1) is 0 Å². The number of rotatable bonds is 3. The Morgan fingerprint density at radius 2 is 1.76 bits per heavy atom. The van der Waals surface area contributed by atoms with E-state index >= 15 is 0 Å². The molecular formula is C20H18N4O. The number of amides is 1. The van der Waals surface area contributed by atoms with Crippen molar-refractivity contribution in [3.05, 3.63) is 65.4 Å². The van der Waals surface area contributed by atoms with Crippen LogP contribution < -0.4 is 5.32 Å². The van der Waals surface area contributed by atoms with Crippen LogP contribution in [0.5, 0.6) is 0 Å². The summed E-state index contributed by atoms with van der Waals surface area (Å²) in [5.74, 6) is 0.273. The number of hydrogen-bond donors (Lipinski definition) is 2. The maximum Gasteiger partial charge on any atom is 0.258 e. The van der Waals surface area contributed by atoms with Crippen molar-refractivity contribution >= 4 is 33.8 Å². The van der Waals surface area contributed by atoms with Crippen LogP contribution in [-0.2, 0) is 6.42 Å². The van der Waals surface area contributed by atoms with Crippen molar-refractivity contribution in [3.8, 4) is 0 Å². The first-order valence-electron chi connectivity index (χ1n) is 8.31. The van der Waals surface area contributed by atoms with Crippen LogP contribution in [-0.4, -0.2) is 20.9 Å². The molecule has 2 aromatic carbocycles. The van der Waals surface area contributed by atoms with Gasteiger partial charge in [0.2, 0.25) is 5.95 Å². The van der Waals surface area contributed by atoms with Gasteiger partial charge in [0.1, 0.15) is 0 Å². The van der Waals surface area contributed by atoms with Crippen molar-refractivity contribution in [2.24, 2.45) is 0 Å². The van der Waals surface area contributed by atoms with Crippen LogP contribution in [0.15, 0.2) is 48.5 Å². The second-order valence-corrected chi connectivity index (χ2v) is 5.99. The lowest BCUT2D eigenvalue weighted by atomic mass is 9.99. The molecule has 4 rings (SSSR count). The SMILES string of the molecule is CCc1nc2ccccc2c(C(=O)Nc2nc3ccccc3[nH]2)c1C. The number of anilines is 1. The first kappa shape index (κ1) is 15.3. The van der Waals surface area contributed by atoms with E-state index in [4.69, 9.17) is 0 Å². The zero-order valence-corrected chi connectivity index (χ0v) is 14.1. The number of nitrogens with zero attached hydrogens (tertiary/aromatic N) is 2. The normalized spacial score (nSPS) is 11.1. The summed E-state index contributed by atoms with van der Waals surface area (Å²) in [6, 6.07) is 15.4. The van der Waals surface area contributed by atoms with Crippen LogP contribution in [0.2, 0.25) is 0 Å². The van der Waals surface area contributed by atoms with Gasteiger partial charge < -0.3 is 4.98 Å². The van der Waals surface area contributed by atoms with E-state index in [-0.39, 0.29) is 5.91 Å². The number of aromatic nitrogens is 3. The first-order valence-corrected chi connectivity index (χ1v) is 8.31. The van der Waals surface area contributed by atoms with Gasteiger partial charge in [0.25, 0.3) is 5.91 Å². The molecule has 25 heavy (non-hydrogen) atoms. The van der Waals surface area contributed by atoms with E-state index in [1.807, 2.05) is 62.4 Å². The van der Waals surface area contributed by atoms with Gasteiger partial charge in [-0.25, -0.2) is 4.98 Å². The van der Waals surface area contributed by atoms with Gasteiger partial charge in [-0.1, -0.05) is 37.3 Å². The molecule has 124 valence electrons. The summed E-state index contributed by atoms with van der Waals surface area (Å²) in [6.45, 7) is 4.00. The second kappa shape index (κ2) is 6.02. The molecule has 5 heteroatoms. The monoisotopic (exact) mass is 330 g/mol. The molecule has 0 aliphatic carbocycles. The van der Waals surface area contributed by atoms with Crippen LogP contribution in [0, 0.1) is 6.92 Å². The molecule has 0 saturated heterocycles. The summed E-state index contributed by atoms with van der Waals surface area (Å²) >= 11 is 0. The highest BCUT2D eigenvalue weighted by molar-refractivity contribution is 6.13. The number of benzene rings is 2. The molecule has 2 aromatic heterocycles. The van der Waals surface area contributed by atoms with Crippen molar-refractivity contribution in [3.63, 3.8) is 0 Å². The summed E-state index contributed by atoms with van der Waals surface area (Å²) in [4.78, 5) is 25.2. The third-order valence-electron chi connectivity index (χ3n) is 4.42. The van der Waals surface area contributed by atoms with E-state index in [0.717, 1.165) is 39.6 Å². The van der Waals surface area contributed by atoms with E-state index < -0.39 is 0 Å². The molecule has 0 unspecified atom stereocenters. The standard InChI is InChI=1S/C20H18N4O/c1-3-14-12(2)18(13-8-4-5-9-15(13)21-14)19(25)24-20-22-16-10-6-7-11-17(16)23-20/h4-11H,3H2,1-2H3,(H2,22,23,24,25). The zero-order chi connectivity index (χ0) is 17.4. The third kappa shape index (κ3) is 2.63. The van der Waals surface area contributed by atoms with Crippen LogP contribution >= 0.6 is 0 Å². The van der Waals surface area contributed by atoms with Crippen LogP contribution in [0.3, 0.4) is 0 Å². The molecule has 0 fully saturated rings. The second-order valence-electron chi connectivity index (χ2n) is 5.99. The number of pyridine rings is 1.